The van der Waals surface area contributed by atoms with Gasteiger partial charge in [-0.25, -0.2) is 0 Å². The number of Topliss-reactive ketones (excluding diaryl/α,β-unsaturated/α-hetero) is 1. The van der Waals surface area contributed by atoms with Crippen LogP contribution in [-0.4, -0.2) is 29.3 Å². The lowest BCUT2D eigenvalue weighted by atomic mass is 10.1. The van der Waals surface area contributed by atoms with E-state index in [9.17, 15) is 4.79 Å². The summed E-state index contributed by atoms with van der Waals surface area (Å²) < 4.78 is 6.68. The number of ketones is 1. The Labute approximate surface area is 107 Å². The maximum absolute atomic E-state index is 11.4. The van der Waals surface area contributed by atoms with Crippen molar-refractivity contribution in [3.8, 4) is 0 Å². The van der Waals surface area contributed by atoms with E-state index >= 15 is 0 Å². The topological polar surface area (TPSA) is 44.1 Å². The van der Waals surface area contributed by atoms with Crippen molar-refractivity contribution >= 4 is 17.4 Å². The van der Waals surface area contributed by atoms with E-state index in [1.807, 2.05) is 18.5 Å². The van der Waals surface area contributed by atoms with E-state index in [4.69, 9.17) is 16.3 Å². The van der Waals surface area contributed by atoms with E-state index < -0.39 is 0 Å². The molecule has 0 saturated heterocycles. The summed E-state index contributed by atoms with van der Waals surface area (Å²) in [6.07, 6.45) is 1.88. The lowest BCUT2D eigenvalue weighted by Crippen LogP contribution is -2.10. The summed E-state index contributed by atoms with van der Waals surface area (Å²) in [7, 11) is 1.52. The maximum atomic E-state index is 11.4. The van der Waals surface area contributed by atoms with Crippen LogP contribution in [0.1, 0.15) is 31.7 Å². The van der Waals surface area contributed by atoms with Gasteiger partial charge in [0.25, 0.3) is 0 Å². The number of methoxy groups -OCH3 is 1. The molecule has 0 radical (unpaired) electrons. The van der Waals surface area contributed by atoms with Crippen LogP contribution in [0.2, 0.25) is 5.02 Å². The number of hydrogen-bond acceptors (Lipinski definition) is 3. The first-order valence-corrected chi connectivity index (χ1v) is 6.26. The molecule has 1 aromatic heterocycles. The summed E-state index contributed by atoms with van der Waals surface area (Å²) >= 11 is 6.24. The number of aromatic nitrogens is 2. The molecule has 4 nitrogen and oxygen atoms in total. The van der Waals surface area contributed by atoms with Gasteiger partial charge in [-0.2, -0.15) is 5.10 Å². The second-order valence-electron chi connectivity index (χ2n) is 3.85. The third-order valence-corrected chi connectivity index (χ3v) is 3.08. The zero-order valence-electron chi connectivity index (χ0n) is 10.6. The van der Waals surface area contributed by atoms with Gasteiger partial charge >= 0.3 is 0 Å². The molecule has 1 rings (SSSR count). The highest BCUT2D eigenvalue weighted by atomic mass is 35.5. The van der Waals surface area contributed by atoms with Crippen molar-refractivity contribution in [1.29, 1.82) is 0 Å². The van der Waals surface area contributed by atoms with Gasteiger partial charge in [-0.05, 0) is 19.8 Å². The van der Waals surface area contributed by atoms with Crippen molar-refractivity contribution in [3.63, 3.8) is 0 Å². The molecule has 0 aliphatic heterocycles. The minimum Gasteiger partial charge on any atom is -0.377 e. The number of hydrogen-bond donors (Lipinski definition) is 0. The van der Waals surface area contributed by atoms with Crippen molar-refractivity contribution in [3.05, 3.63) is 16.4 Å². The molecule has 1 heterocycles. The zero-order valence-corrected chi connectivity index (χ0v) is 11.4. The number of ether oxygens (including phenoxy) is 1. The number of aryl methyl sites for hydroxylation is 2. The minimum atomic E-state index is 0.0884. The summed E-state index contributed by atoms with van der Waals surface area (Å²) in [4.78, 5) is 11.4. The molecule has 0 amide bonds. The van der Waals surface area contributed by atoms with Crippen LogP contribution in [0.25, 0.3) is 0 Å². The molecule has 0 unspecified atom stereocenters. The molecule has 5 heteroatoms. The summed E-state index contributed by atoms with van der Waals surface area (Å²) in [6.45, 7) is 4.98. The SMILES string of the molecule is CCc1nn(CC)c(CCC(=O)COC)c1Cl. The lowest BCUT2D eigenvalue weighted by Gasteiger charge is -2.04. The number of carbonyl (C=O) groups excluding carboxylic acids is 1. The minimum absolute atomic E-state index is 0.0884. The standard InChI is InChI=1S/C12H19ClN2O2/c1-4-10-12(13)11(15(5-2)14-10)7-6-9(16)8-17-3/h4-8H2,1-3H3. The molecule has 0 fully saturated rings. The van der Waals surface area contributed by atoms with Crippen LogP contribution in [0, 0.1) is 0 Å². The Morgan fingerprint density at radius 2 is 2.18 bits per heavy atom. The second kappa shape index (κ2) is 6.77. The van der Waals surface area contributed by atoms with E-state index in [0.29, 0.717) is 17.9 Å². The van der Waals surface area contributed by atoms with Crippen molar-refractivity contribution in [2.75, 3.05) is 13.7 Å². The first-order valence-electron chi connectivity index (χ1n) is 5.88. The van der Waals surface area contributed by atoms with Crippen LogP contribution >= 0.6 is 11.6 Å². The molecule has 0 bridgehead atoms. The van der Waals surface area contributed by atoms with Gasteiger partial charge in [-0.15, -0.1) is 0 Å². The van der Waals surface area contributed by atoms with Crippen molar-refractivity contribution in [2.45, 2.75) is 39.7 Å². The van der Waals surface area contributed by atoms with Gasteiger partial charge in [0.15, 0.2) is 5.78 Å². The Balaban J connectivity index is 2.75. The molecular weight excluding hydrogens is 240 g/mol. The van der Waals surface area contributed by atoms with E-state index in [1.54, 1.807) is 0 Å². The third kappa shape index (κ3) is 3.54. The molecule has 0 aliphatic rings. The number of halogens is 1. The first kappa shape index (κ1) is 14.2. The van der Waals surface area contributed by atoms with Crippen LogP contribution in [0.4, 0.5) is 0 Å². The van der Waals surface area contributed by atoms with Crippen molar-refractivity contribution in [1.82, 2.24) is 9.78 Å². The van der Waals surface area contributed by atoms with E-state index in [1.165, 1.54) is 7.11 Å². The molecule has 17 heavy (non-hydrogen) atoms. The highest BCUT2D eigenvalue weighted by molar-refractivity contribution is 6.31. The average Bonchev–Trinajstić information content (AvgIpc) is 2.63. The van der Waals surface area contributed by atoms with Crippen LogP contribution in [0.3, 0.4) is 0 Å². The molecule has 0 spiro atoms. The van der Waals surface area contributed by atoms with Gasteiger partial charge in [0.05, 0.1) is 16.4 Å². The lowest BCUT2D eigenvalue weighted by molar-refractivity contribution is -0.122. The Morgan fingerprint density at radius 3 is 2.71 bits per heavy atom. The van der Waals surface area contributed by atoms with Crippen LogP contribution < -0.4 is 0 Å². The first-order chi connectivity index (χ1) is 8.13. The van der Waals surface area contributed by atoms with Crippen molar-refractivity contribution in [2.24, 2.45) is 0 Å². The molecule has 1 aromatic rings. The van der Waals surface area contributed by atoms with Crippen LogP contribution in [0.5, 0.6) is 0 Å². The molecule has 0 aliphatic carbocycles. The summed E-state index contributed by atoms with van der Waals surface area (Å²) in [5.41, 5.74) is 1.86. The van der Waals surface area contributed by atoms with Gasteiger partial charge in [-0.3, -0.25) is 9.48 Å². The van der Waals surface area contributed by atoms with Gasteiger partial charge < -0.3 is 4.74 Å². The monoisotopic (exact) mass is 258 g/mol. The third-order valence-electron chi connectivity index (χ3n) is 2.64. The fourth-order valence-corrected chi connectivity index (χ4v) is 2.11. The Morgan fingerprint density at radius 1 is 1.47 bits per heavy atom. The average molecular weight is 259 g/mol. The summed E-state index contributed by atoms with van der Waals surface area (Å²) in [6, 6.07) is 0. The molecule has 0 saturated carbocycles. The van der Waals surface area contributed by atoms with Crippen molar-refractivity contribution < 1.29 is 9.53 Å². The highest BCUT2D eigenvalue weighted by Crippen LogP contribution is 2.22. The highest BCUT2D eigenvalue weighted by Gasteiger charge is 2.15. The fourth-order valence-electron chi connectivity index (χ4n) is 1.75. The molecule has 0 aromatic carbocycles. The normalized spacial score (nSPS) is 10.8. The second-order valence-corrected chi connectivity index (χ2v) is 4.23. The summed E-state index contributed by atoms with van der Waals surface area (Å²) in [5, 5.41) is 5.12. The fraction of sp³-hybridized carbons (Fsp3) is 0.667. The zero-order chi connectivity index (χ0) is 12.8. The number of nitrogens with zero attached hydrogens (tertiary/aromatic N) is 2. The van der Waals surface area contributed by atoms with Crippen LogP contribution in [0.15, 0.2) is 0 Å². The number of carbonyl (C=O) groups is 1. The van der Waals surface area contributed by atoms with E-state index in [0.717, 1.165) is 24.4 Å². The Hall–Kier alpha value is -0.870. The predicted molar refractivity (Wildman–Crippen MR) is 67.5 cm³/mol. The largest absolute Gasteiger partial charge is 0.377 e. The van der Waals surface area contributed by atoms with Gasteiger partial charge in [0.1, 0.15) is 6.61 Å². The van der Waals surface area contributed by atoms with E-state index in [2.05, 4.69) is 5.10 Å². The van der Waals surface area contributed by atoms with Gasteiger partial charge in [0.2, 0.25) is 0 Å². The Kier molecular flexibility index (Phi) is 5.65. The van der Waals surface area contributed by atoms with Crippen LogP contribution in [-0.2, 0) is 28.9 Å². The van der Waals surface area contributed by atoms with Gasteiger partial charge in [-0.1, -0.05) is 18.5 Å². The molecular formula is C12H19ClN2O2. The Bertz CT molecular complexity index is 388. The number of rotatable bonds is 7. The smallest absolute Gasteiger partial charge is 0.158 e. The molecule has 0 N–H and O–H groups in total. The molecule has 96 valence electrons. The quantitative estimate of drug-likeness (QED) is 0.754. The maximum Gasteiger partial charge on any atom is 0.158 e. The van der Waals surface area contributed by atoms with Gasteiger partial charge in [0, 0.05) is 20.1 Å². The summed E-state index contributed by atoms with van der Waals surface area (Å²) in [5.74, 6) is 0.0884. The predicted octanol–water partition coefficient (Wildman–Crippen LogP) is 2.27. The molecule has 0 atom stereocenters. The van der Waals surface area contributed by atoms with E-state index in [-0.39, 0.29) is 12.4 Å².